The molecular weight excluding hydrogens is 254 g/mol. The topological polar surface area (TPSA) is 101 Å². The molecule has 0 aliphatic rings. The fourth-order valence-electron chi connectivity index (χ4n) is 1.42. The summed E-state index contributed by atoms with van der Waals surface area (Å²) in [5.74, 6) is -0.352. The van der Waals surface area contributed by atoms with E-state index in [0.29, 0.717) is 13.1 Å². The van der Waals surface area contributed by atoms with Crippen molar-refractivity contribution in [1.29, 1.82) is 0 Å². The van der Waals surface area contributed by atoms with Gasteiger partial charge in [0, 0.05) is 13.1 Å². The number of hydrogen-bond donors (Lipinski definition) is 3. The molecule has 0 atom stereocenters. The van der Waals surface area contributed by atoms with Crippen LogP contribution in [0, 0.1) is 6.92 Å². The number of hydrogen-bond acceptors (Lipinski definition) is 4. The second kappa shape index (κ2) is 5.83. The lowest BCUT2D eigenvalue weighted by Crippen LogP contribution is -2.30. The Morgan fingerprint density at radius 1 is 1.39 bits per heavy atom. The molecular formula is C11H17N3O3S. The number of nitrogens with two attached hydrogens (primary N) is 1. The van der Waals surface area contributed by atoms with E-state index in [1.165, 1.54) is 0 Å². The fourth-order valence-corrected chi connectivity index (χ4v) is 1.99. The molecule has 0 heterocycles. The van der Waals surface area contributed by atoms with Gasteiger partial charge in [-0.3, -0.25) is 9.52 Å². The van der Waals surface area contributed by atoms with Crippen LogP contribution < -0.4 is 15.8 Å². The van der Waals surface area contributed by atoms with Crippen molar-refractivity contribution in [2.45, 2.75) is 6.92 Å². The van der Waals surface area contributed by atoms with Crippen LogP contribution in [0.5, 0.6) is 0 Å². The summed E-state index contributed by atoms with van der Waals surface area (Å²) in [6.07, 6.45) is 1.04. The summed E-state index contributed by atoms with van der Waals surface area (Å²) < 4.78 is 24.7. The Labute approximate surface area is 107 Å². The molecule has 4 N–H and O–H groups in total. The number of aryl methyl sites for hydroxylation is 1. The zero-order chi connectivity index (χ0) is 13.8. The summed E-state index contributed by atoms with van der Waals surface area (Å²) in [5, 5.41) is 2.60. The number of amides is 1. The number of carbonyl (C=O) groups is 1. The second-order valence-corrected chi connectivity index (χ2v) is 5.72. The number of anilines is 1. The second-order valence-electron chi connectivity index (χ2n) is 3.97. The summed E-state index contributed by atoms with van der Waals surface area (Å²) >= 11 is 0. The predicted octanol–water partition coefficient (Wildman–Crippen LogP) is 0.0550. The van der Waals surface area contributed by atoms with Crippen LogP contribution in [0.4, 0.5) is 5.69 Å². The molecule has 0 fully saturated rings. The zero-order valence-corrected chi connectivity index (χ0v) is 11.2. The summed E-state index contributed by atoms with van der Waals surface area (Å²) in [4.78, 5) is 11.9. The largest absolute Gasteiger partial charge is 0.351 e. The average Bonchev–Trinajstić information content (AvgIpc) is 2.26. The van der Waals surface area contributed by atoms with Crippen LogP contribution in [0.15, 0.2) is 18.2 Å². The molecule has 100 valence electrons. The molecule has 1 rings (SSSR count). The van der Waals surface area contributed by atoms with E-state index in [2.05, 4.69) is 10.0 Å². The average molecular weight is 271 g/mol. The molecule has 0 saturated carbocycles. The van der Waals surface area contributed by atoms with Crippen LogP contribution in [0.2, 0.25) is 0 Å². The lowest BCUT2D eigenvalue weighted by Gasteiger charge is -2.11. The molecule has 0 aliphatic carbocycles. The SMILES string of the molecule is Cc1ccc(NS(C)(=O)=O)c(C(=O)NCCN)c1. The van der Waals surface area contributed by atoms with Gasteiger partial charge in [0.25, 0.3) is 5.91 Å². The number of benzene rings is 1. The highest BCUT2D eigenvalue weighted by Crippen LogP contribution is 2.18. The van der Waals surface area contributed by atoms with Crippen LogP contribution in [-0.4, -0.2) is 33.7 Å². The van der Waals surface area contributed by atoms with Crippen LogP contribution in [0.25, 0.3) is 0 Å². The van der Waals surface area contributed by atoms with E-state index in [1.807, 2.05) is 6.92 Å². The van der Waals surface area contributed by atoms with Crippen molar-refractivity contribution in [2.24, 2.45) is 5.73 Å². The van der Waals surface area contributed by atoms with Gasteiger partial charge in [0.2, 0.25) is 10.0 Å². The third kappa shape index (κ3) is 4.34. The number of carbonyl (C=O) groups excluding carboxylic acids is 1. The van der Waals surface area contributed by atoms with Gasteiger partial charge in [0.05, 0.1) is 17.5 Å². The minimum absolute atomic E-state index is 0.262. The molecule has 0 spiro atoms. The Hall–Kier alpha value is -1.60. The van der Waals surface area contributed by atoms with Gasteiger partial charge in [-0.05, 0) is 19.1 Å². The minimum atomic E-state index is -3.42. The van der Waals surface area contributed by atoms with Gasteiger partial charge in [-0.1, -0.05) is 11.6 Å². The first-order chi connectivity index (χ1) is 8.33. The zero-order valence-electron chi connectivity index (χ0n) is 10.4. The van der Waals surface area contributed by atoms with Crippen LogP contribution in [0.1, 0.15) is 15.9 Å². The maximum absolute atomic E-state index is 11.9. The lowest BCUT2D eigenvalue weighted by atomic mass is 10.1. The molecule has 0 aliphatic heterocycles. The van der Waals surface area contributed by atoms with Gasteiger partial charge in [0.1, 0.15) is 0 Å². The van der Waals surface area contributed by atoms with Gasteiger partial charge < -0.3 is 11.1 Å². The molecule has 0 unspecified atom stereocenters. The van der Waals surface area contributed by atoms with E-state index in [-0.39, 0.29) is 17.2 Å². The molecule has 1 aromatic carbocycles. The number of nitrogens with one attached hydrogen (secondary N) is 2. The first kappa shape index (κ1) is 14.5. The van der Waals surface area contributed by atoms with E-state index in [0.717, 1.165) is 11.8 Å². The quantitative estimate of drug-likeness (QED) is 0.704. The van der Waals surface area contributed by atoms with Crippen LogP contribution in [0.3, 0.4) is 0 Å². The summed E-state index contributed by atoms with van der Waals surface area (Å²) in [7, 11) is -3.42. The van der Waals surface area contributed by atoms with Crippen molar-refractivity contribution < 1.29 is 13.2 Å². The van der Waals surface area contributed by atoms with Gasteiger partial charge >= 0.3 is 0 Å². The van der Waals surface area contributed by atoms with Crippen LogP contribution >= 0.6 is 0 Å². The van der Waals surface area contributed by atoms with Crippen LogP contribution in [-0.2, 0) is 10.0 Å². The van der Waals surface area contributed by atoms with Gasteiger partial charge in [-0.25, -0.2) is 8.42 Å². The molecule has 0 aromatic heterocycles. The standard InChI is InChI=1S/C11H17N3O3S/c1-8-3-4-10(14-18(2,16)17)9(7-8)11(15)13-6-5-12/h3-4,7,14H,5-6,12H2,1-2H3,(H,13,15). The molecule has 0 bridgehead atoms. The lowest BCUT2D eigenvalue weighted by molar-refractivity contribution is 0.0955. The van der Waals surface area contributed by atoms with Gasteiger partial charge in [0.15, 0.2) is 0 Å². The van der Waals surface area contributed by atoms with E-state index in [1.54, 1.807) is 18.2 Å². The maximum atomic E-state index is 11.9. The van der Waals surface area contributed by atoms with Crippen molar-refractivity contribution in [3.63, 3.8) is 0 Å². The van der Waals surface area contributed by atoms with Crippen molar-refractivity contribution in [3.05, 3.63) is 29.3 Å². The number of sulfonamides is 1. The molecule has 0 saturated heterocycles. The smallest absolute Gasteiger partial charge is 0.253 e. The molecule has 18 heavy (non-hydrogen) atoms. The first-order valence-corrected chi connectivity index (χ1v) is 7.29. The Balaban J connectivity index is 3.07. The molecule has 1 amide bonds. The van der Waals surface area contributed by atoms with E-state index in [4.69, 9.17) is 5.73 Å². The van der Waals surface area contributed by atoms with E-state index >= 15 is 0 Å². The summed E-state index contributed by atoms with van der Waals surface area (Å²) in [6, 6.07) is 4.92. The maximum Gasteiger partial charge on any atom is 0.253 e. The third-order valence-corrected chi connectivity index (χ3v) is 2.74. The minimum Gasteiger partial charge on any atom is -0.351 e. The summed E-state index contributed by atoms with van der Waals surface area (Å²) in [6.45, 7) is 2.49. The monoisotopic (exact) mass is 271 g/mol. The Morgan fingerprint density at radius 3 is 2.61 bits per heavy atom. The van der Waals surface area contributed by atoms with Gasteiger partial charge in [-0.15, -0.1) is 0 Å². The fraction of sp³-hybridized carbons (Fsp3) is 0.364. The van der Waals surface area contributed by atoms with Crippen molar-refractivity contribution in [2.75, 3.05) is 24.1 Å². The van der Waals surface area contributed by atoms with Crippen molar-refractivity contribution in [3.8, 4) is 0 Å². The predicted molar refractivity (Wildman–Crippen MR) is 71.0 cm³/mol. The molecule has 6 nitrogen and oxygen atoms in total. The van der Waals surface area contributed by atoms with Crippen molar-refractivity contribution in [1.82, 2.24) is 5.32 Å². The normalized spacial score (nSPS) is 11.1. The Bertz CT molecular complexity index is 540. The Morgan fingerprint density at radius 2 is 2.06 bits per heavy atom. The molecule has 1 aromatic rings. The van der Waals surface area contributed by atoms with Gasteiger partial charge in [-0.2, -0.15) is 0 Å². The highest BCUT2D eigenvalue weighted by Gasteiger charge is 2.13. The number of rotatable bonds is 5. The van der Waals surface area contributed by atoms with E-state index in [9.17, 15) is 13.2 Å². The highest BCUT2D eigenvalue weighted by atomic mass is 32.2. The third-order valence-electron chi connectivity index (χ3n) is 2.14. The first-order valence-electron chi connectivity index (χ1n) is 5.40. The van der Waals surface area contributed by atoms with E-state index < -0.39 is 10.0 Å². The van der Waals surface area contributed by atoms with Crippen molar-refractivity contribution >= 4 is 21.6 Å². The molecule has 7 heteroatoms. The summed E-state index contributed by atoms with van der Waals surface area (Å²) in [5.41, 5.74) is 6.71. The highest BCUT2D eigenvalue weighted by molar-refractivity contribution is 7.92. The molecule has 0 radical (unpaired) electrons. The Kier molecular flexibility index (Phi) is 4.69.